The van der Waals surface area contributed by atoms with Crippen LogP contribution in [0.4, 0.5) is 0 Å². The molecule has 0 radical (unpaired) electrons. The van der Waals surface area contributed by atoms with Crippen molar-refractivity contribution in [2.45, 2.75) is 26.5 Å². The average Bonchev–Trinajstić information content (AvgIpc) is 2.41. The van der Waals surface area contributed by atoms with Crippen molar-refractivity contribution in [3.05, 3.63) is 44.5 Å². The minimum absolute atomic E-state index is 0.0205. The second kappa shape index (κ2) is 5.92. The number of hydrogen-bond acceptors (Lipinski definition) is 4. The van der Waals surface area contributed by atoms with Gasteiger partial charge in [-0.15, -0.1) is 0 Å². The van der Waals surface area contributed by atoms with Crippen LogP contribution in [-0.4, -0.2) is 33.3 Å². The van der Waals surface area contributed by atoms with E-state index in [1.807, 2.05) is 13.8 Å². The van der Waals surface area contributed by atoms with Crippen LogP contribution >= 0.6 is 0 Å². The lowest BCUT2D eigenvalue weighted by Gasteiger charge is -2.13. The number of ether oxygens (including phenoxy) is 1. The molecule has 0 saturated carbocycles. The molecule has 0 unspecified atom stereocenters. The molecule has 1 aromatic carbocycles. The molecule has 2 aromatic rings. The number of aromatic amines is 1. The number of rotatable bonds is 5. The van der Waals surface area contributed by atoms with E-state index in [9.17, 15) is 19.5 Å². The second-order valence-corrected chi connectivity index (χ2v) is 4.84. The zero-order valence-corrected chi connectivity index (χ0v) is 11.8. The summed E-state index contributed by atoms with van der Waals surface area (Å²) in [6.07, 6.45) is -0.0205. The van der Waals surface area contributed by atoms with Crippen LogP contribution < -0.4 is 11.1 Å². The number of carbonyl (C=O) groups is 1. The Morgan fingerprint density at radius 1 is 1.38 bits per heavy atom. The first-order valence-corrected chi connectivity index (χ1v) is 6.52. The predicted octanol–water partition coefficient (Wildman–Crippen LogP) is 0.813. The fourth-order valence-corrected chi connectivity index (χ4v) is 2.10. The fraction of sp³-hybridized carbons (Fsp3) is 0.357. The standard InChI is InChI=1S/C14H16N2O5/c1-8(2)21-7-6-16-11-9(14(19)20)4-3-5-10(11)15-12(17)13(16)18/h3-5,8H,6-7H2,1-2H3,(H,15,17)(H,19,20). The first-order valence-electron chi connectivity index (χ1n) is 6.52. The fourth-order valence-electron chi connectivity index (χ4n) is 2.10. The highest BCUT2D eigenvalue weighted by Gasteiger charge is 2.15. The van der Waals surface area contributed by atoms with Crippen molar-refractivity contribution in [1.82, 2.24) is 9.55 Å². The van der Waals surface area contributed by atoms with E-state index in [-0.39, 0.29) is 30.3 Å². The van der Waals surface area contributed by atoms with Gasteiger partial charge in [0.25, 0.3) is 0 Å². The van der Waals surface area contributed by atoms with E-state index >= 15 is 0 Å². The van der Waals surface area contributed by atoms with E-state index in [0.29, 0.717) is 5.52 Å². The summed E-state index contributed by atoms with van der Waals surface area (Å²) in [7, 11) is 0. The van der Waals surface area contributed by atoms with Gasteiger partial charge in [0.05, 0.1) is 29.3 Å². The van der Waals surface area contributed by atoms with E-state index in [4.69, 9.17) is 4.74 Å². The second-order valence-electron chi connectivity index (χ2n) is 4.84. The highest BCUT2D eigenvalue weighted by Crippen LogP contribution is 2.14. The van der Waals surface area contributed by atoms with Gasteiger partial charge in [-0.05, 0) is 26.0 Å². The Bertz CT molecular complexity index is 788. The number of carboxylic acids is 1. The smallest absolute Gasteiger partial charge is 0.337 e. The maximum absolute atomic E-state index is 12.0. The highest BCUT2D eigenvalue weighted by molar-refractivity contribution is 6.00. The van der Waals surface area contributed by atoms with Crippen molar-refractivity contribution in [1.29, 1.82) is 0 Å². The van der Waals surface area contributed by atoms with Gasteiger partial charge in [0.2, 0.25) is 0 Å². The van der Waals surface area contributed by atoms with Crippen molar-refractivity contribution in [3.8, 4) is 0 Å². The minimum atomic E-state index is -1.16. The molecule has 1 aromatic heterocycles. The van der Waals surface area contributed by atoms with Gasteiger partial charge < -0.3 is 14.8 Å². The molecular weight excluding hydrogens is 276 g/mol. The molecule has 0 aliphatic rings. The maximum Gasteiger partial charge on any atom is 0.337 e. The largest absolute Gasteiger partial charge is 0.478 e. The number of aromatic nitrogens is 2. The van der Waals surface area contributed by atoms with Crippen LogP contribution in [0.15, 0.2) is 27.8 Å². The predicted molar refractivity (Wildman–Crippen MR) is 76.9 cm³/mol. The molecule has 0 amide bonds. The van der Waals surface area contributed by atoms with Gasteiger partial charge in [-0.1, -0.05) is 6.07 Å². The normalized spacial score (nSPS) is 11.2. The van der Waals surface area contributed by atoms with Gasteiger partial charge in [0.1, 0.15) is 0 Å². The van der Waals surface area contributed by atoms with E-state index in [2.05, 4.69) is 4.98 Å². The molecule has 0 spiro atoms. The van der Waals surface area contributed by atoms with Gasteiger partial charge in [-0.25, -0.2) is 4.79 Å². The lowest BCUT2D eigenvalue weighted by Crippen LogP contribution is -2.38. The van der Waals surface area contributed by atoms with Crippen LogP contribution in [-0.2, 0) is 11.3 Å². The number of nitrogens with one attached hydrogen (secondary N) is 1. The van der Waals surface area contributed by atoms with Crippen LogP contribution in [0.3, 0.4) is 0 Å². The molecule has 7 heteroatoms. The molecule has 0 saturated heterocycles. The number of para-hydroxylation sites is 1. The number of fused-ring (bicyclic) bond motifs is 1. The number of benzene rings is 1. The van der Waals surface area contributed by atoms with Crippen LogP contribution in [0.2, 0.25) is 0 Å². The Balaban J connectivity index is 2.65. The molecule has 2 rings (SSSR count). The van der Waals surface area contributed by atoms with Gasteiger partial charge in [-0.3, -0.25) is 14.2 Å². The van der Waals surface area contributed by atoms with Crippen LogP contribution in [0.25, 0.3) is 11.0 Å². The summed E-state index contributed by atoms with van der Waals surface area (Å²) in [5, 5.41) is 9.24. The zero-order valence-electron chi connectivity index (χ0n) is 11.8. The number of hydrogen-bond donors (Lipinski definition) is 2. The van der Waals surface area contributed by atoms with Gasteiger partial charge >= 0.3 is 17.1 Å². The van der Waals surface area contributed by atoms with Crippen molar-refractivity contribution < 1.29 is 14.6 Å². The Morgan fingerprint density at radius 3 is 2.71 bits per heavy atom. The Labute approximate surface area is 119 Å². The number of H-pyrrole nitrogens is 1. The lowest BCUT2D eigenvalue weighted by molar-refractivity contribution is 0.0690. The van der Waals surface area contributed by atoms with Crippen molar-refractivity contribution in [2.24, 2.45) is 0 Å². The summed E-state index contributed by atoms with van der Waals surface area (Å²) in [6.45, 7) is 4.02. The molecule has 1 heterocycles. The molecule has 7 nitrogen and oxygen atoms in total. The minimum Gasteiger partial charge on any atom is -0.478 e. The summed E-state index contributed by atoms with van der Waals surface area (Å²) in [6, 6.07) is 4.46. The summed E-state index contributed by atoms with van der Waals surface area (Å²) in [5.41, 5.74) is -1.10. The van der Waals surface area contributed by atoms with E-state index < -0.39 is 17.1 Å². The molecular formula is C14H16N2O5. The molecule has 21 heavy (non-hydrogen) atoms. The van der Waals surface area contributed by atoms with E-state index in [1.54, 1.807) is 6.07 Å². The van der Waals surface area contributed by atoms with E-state index in [1.165, 1.54) is 12.1 Å². The third-order valence-electron chi connectivity index (χ3n) is 2.99. The first kappa shape index (κ1) is 15.0. The summed E-state index contributed by atoms with van der Waals surface area (Å²) in [5.74, 6) is -1.16. The summed E-state index contributed by atoms with van der Waals surface area (Å²) in [4.78, 5) is 37.4. The van der Waals surface area contributed by atoms with Crippen LogP contribution in [0, 0.1) is 0 Å². The maximum atomic E-state index is 12.0. The molecule has 0 aliphatic heterocycles. The van der Waals surface area contributed by atoms with Crippen molar-refractivity contribution in [3.63, 3.8) is 0 Å². The van der Waals surface area contributed by atoms with Gasteiger partial charge in [-0.2, -0.15) is 0 Å². The van der Waals surface area contributed by atoms with Gasteiger partial charge in [0, 0.05) is 6.54 Å². The van der Waals surface area contributed by atoms with E-state index in [0.717, 1.165) is 4.57 Å². The third-order valence-corrected chi connectivity index (χ3v) is 2.99. The van der Waals surface area contributed by atoms with Gasteiger partial charge in [0.15, 0.2) is 0 Å². The summed E-state index contributed by atoms with van der Waals surface area (Å²) < 4.78 is 6.52. The molecule has 2 N–H and O–H groups in total. The highest BCUT2D eigenvalue weighted by atomic mass is 16.5. The topological polar surface area (TPSA) is 101 Å². The number of carboxylic acid groups (broad SMARTS) is 1. The molecule has 0 aliphatic carbocycles. The quantitative estimate of drug-likeness (QED) is 0.794. The SMILES string of the molecule is CC(C)OCCn1c(=O)c(=O)[nH]c2cccc(C(=O)O)c21. The average molecular weight is 292 g/mol. The van der Waals surface area contributed by atoms with Crippen LogP contribution in [0.5, 0.6) is 0 Å². The Hall–Kier alpha value is -2.41. The third kappa shape index (κ3) is 3.03. The molecule has 0 atom stereocenters. The Morgan fingerprint density at radius 2 is 2.10 bits per heavy atom. The van der Waals surface area contributed by atoms with Crippen LogP contribution in [0.1, 0.15) is 24.2 Å². The molecule has 112 valence electrons. The Kier molecular flexibility index (Phi) is 4.23. The number of nitrogens with zero attached hydrogens (tertiary/aromatic N) is 1. The number of aromatic carboxylic acids is 1. The first-order chi connectivity index (χ1) is 9.91. The lowest BCUT2D eigenvalue weighted by atomic mass is 10.1. The monoisotopic (exact) mass is 292 g/mol. The van der Waals surface area contributed by atoms with Crippen molar-refractivity contribution in [2.75, 3.05) is 6.61 Å². The van der Waals surface area contributed by atoms with Crippen molar-refractivity contribution >= 4 is 17.0 Å². The zero-order chi connectivity index (χ0) is 15.6. The summed E-state index contributed by atoms with van der Waals surface area (Å²) >= 11 is 0. The molecule has 0 bridgehead atoms. The molecule has 0 fully saturated rings.